The number of hydrogen-bond acceptors (Lipinski definition) is 1. The zero-order valence-electron chi connectivity index (χ0n) is 5.06. The first-order valence-electron chi connectivity index (χ1n) is 2.96. The van der Waals surface area contributed by atoms with Gasteiger partial charge in [0.1, 0.15) is 0 Å². The SMILES string of the molecule is O=C(O)CC1(CI)CC1. The third-order valence-corrected chi connectivity index (χ3v) is 3.38. The summed E-state index contributed by atoms with van der Waals surface area (Å²) in [6.45, 7) is 0. The molecule has 1 rings (SSSR count). The van der Waals surface area contributed by atoms with Crippen molar-refractivity contribution < 1.29 is 9.90 Å². The van der Waals surface area contributed by atoms with Crippen LogP contribution in [0.4, 0.5) is 0 Å². The Kier molecular flexibility index (Phi) is 1.98. The molecule has 0 aromatic rings. The lowest BCUT2D eigenvalue weighted by Gasteiger charge is -2.04. The normalized spacial score (nSPS) is 21.4. The van der Waals surface area contributed by atoms with E-state index in [1.165, 1.54) is 0 Å². The minimum Gasteiger partial charge on any atom is -0.481 e. The van der Waals surface area contributed by atoms with Crippen molar-refractivity contribution in [1.82, 2.24) is 0 Å². The van der Waals surface area contributed by atoms with Gasteiger partial charge in [0.15, 0.2) is 0 Å². The summed E-state index contributed by atoms with van der Waals surface area (Å²) in [6.07, 6.45) is 2.60. The van der Waals surface area contributed by atoms with Crippen molar-refractivity contribution in [2.75, 3.05) is 4.43 Å². The van der Waals surface area contributed by atoms with Crippen molar-refractivity contribution in [3.05, 3.63) is 0 Å². The first kappa shape index (κ1) is 7.31. The highest BCUT2D eigenvalue weighted by atomic mass is 127. The molecule has 2 nitrogen and oxygen atoms in total. The van der Waals surface area contributed by atoms with Gasteiger partial charge in [0.2, 0.25) is 0 Å². The number of halogens is 1. The van der Waals surface area contributed by atoms with E-state index in [4.69, 9.17) is 5.11 Å². The van der Waals surface area contributed by atoms with Gasteiger partial charge in [-0.25, -0.2) is 0 Å². The van der Waals surface area contributed by atoms with Gasteiger partial charge in [-0.2, -0.15) is 0 Å². The monoisotopic (exact) mass is 240 g/mol. The Morgan fingerprint density at radius 1 is 1.67 bits per heavy atom. The minimum absolute atomic E-state index is 0.201. The van der Waals surface area contributed by atoms with Crippen LogP contribution in [0.2, 0.25) is 0 Å². The van der Waals surface area contributed by atoms with Crippen LogP contribution < -0.4 is 0 Å². The lowest BCUT2D eigenvalue weighted by molar-refractivity contribution is -0.138. The molecule has 0 unspecified atom stereocenters. The number of carbonyl (C=O) groups is 1. The molecule has 0 aromatic heterocycles. The molecule has 0 saturated heterocycles. The van der Waals surface area contributed by atoms with Gasteiger partial charge in [-0.05, 0) is 18.3 Å². The summed E-state index contributed by atoms with van der Waals surface area (Å²) in [7, 11) is 0. The van der Waals surface area contributed by atoms with E-state index in [0.717, 1.165) is 17.3 Å². The molecule has 3 heteroatoms. The standard InChI is InChI=1S/C6H9IO2/c7-4-6(1-2-6)3-5(8)9/h1-4H2,(H,8,9). The van der Waals surface area contributed by atoms with E-state index in [9.17, 15) is 4.79 Å². The first-order valence-corrected chi connectivity index (χ1v) is 4.49. The van der Waals surface area contributed by atoms with Gasteiger partial charge in [0.05, 0.1) is 6.42 Å². The van der Waals surface area contributed by atoms with Gasteiger partial charge in [0.25, 0.3) is 0 Å². The van der Waals surface area contributed by atoms with Gasteiger partial charge in [0, 0.05) is 4.43 Å². The smallest absolute Gasteiger partial charge is 0.303 e. The van der Waals surface area contributed by atoms with Crippen molar-refractivity contribution in [2.45, 2.75) is 19.3 Å². The highest BCUT2D eigenvalue weighted by molar-refractivity contribution is 14.1. The maximum Gasteiger partial charge on any atom is 0.303 e. The number of carboxylic acids is 1. The van der Waals surface area contributed by atoms with Gasteiger partial charge >= 0.3 is 5.97 Å². The van der Waals surface area contributed by atoms with Crippen molar-refractivity contribution in [3.63, 3.8) is 0 Å². The van der Waals surface area contributed by atoms with Crippen molar-refractivity contribution >= 4 is 28.6 Å². The van der Waals surface area contributed by atoms with Crippen LogP contribution in [0, 0.1) is 5.41 Å². The van der Waals surface area contributed by atoms with E-state index in [-0.39, 0.29) is 5.41 Å². The Morgan fingerprint density at radius 3 is 2.33 bits per heavy atom. The predicted molar refractivity (Wildman–Crippen MR) is 42.8 cm³/mol. The second kappa shape index (κ2) is 2.44. The number of rotatable bonds is 3. The summed E-state index contributed by atoms with van der Waals surface area (Å²) in [5.74, 6) is -0.649. The third kappa shape index (κ3) is 1.81. The lowest BCUT2D eigenvalue weighted by Crippen LogP contribution is -2.08. The van der Waals surface area contributed by atoms with E-state index in [1.54, 1.807) is 0 Å². The zero-order valence-corrected chi connectivity index (χ0v) is 7.22. The summed E-state index contributed by atoms with van der Waals surface area (Å²) >= 11 is 2.26. The molecule has 0 bridgehead atoms. The molecule has 9 heavy (non-hydrogen) atoms. The summed E-state index contributed by atoms with van der Waals surface area (Å²) in [4.78, 5) is 10.2. The summed E-state index contributed by atoms with van der Waals surface area (Å²) in [5.41, 5.74) is 0.201. The van der Waals surface area contributed by atoms with E-state index in [1.807, 2.05) is 0 Å². The Balaban J connectivity index is 2.33. The Labute approximate surface area is 67.8 Å². The summed E-state index contributed by atoms with van der Waals surface area (Å²) in [5, 5.41) is 8.42. The van der Waals surface area contributed by atoms with E-state index in [2.05, 4.69) is 22.6 Å². The van der Waals surface area contributed by atoms with Gasteiger partial charge < -0.3 is 5.11 Å². The molecule has 1 N–H and O–H groups in total. The van der Waals surface area contributed by atoms with E-state index < -0.39 is 5.97 Å². The number of carboxylic acid groups (broad SMARTS) is 1. The third-order valence-electron chi connectivity index (χ3n) is 1.77. The average Bonchev–Trinajstić information content (AvgIpc) is 2.48. The second-order valence-electron chi connectivity index (χ2n) is 2.70. The van der Waals surface area contributed by atoms with E-state index >= 15 is 0 Å². The van der Waals surface area contributed by atoms with Crippen molar-refractivity contribution in [1.29, 1.82) is 0 Å². The van der Waals surface area contributed by atoms with Crippen LogP contribution in [0.5, 0.6) is 0 Å². The highest BCUT2D eigenvalue weighted by Gasteiger charge is 2.43. The van der Waals surface area contributed by atoms with Gasteiger partial charge in [-0.1, -0.05) is 22.6 Å². The number of alkyl halides is 1. The summed E-state index contributed by atoms with van der Waals surface area (Å²) in [6, 6.07) is 0. The number of aliphatic carboxylic acids is 1. The molecule has 1 fully saturated rings. The highest BCUT2D eigenvalue weighted by Crippen LogP contribution is 2.50. The molecule has 0 atom stereocenters. The minimum atomic E-state index is -0.649. The molecule has 1 aliphatic rings. The largest absolute Gasteiger partial charge is 0.481 e. The fraction of sp³-hybridized carbons (Fsp3) is 0.833. The quantitative estimate of drug-likeness (QED) is 0.601. The van der Waals surface area contributed by atoms with Crippen LogP contribution >= 0.6 is 22.6 Å². The van der Waals surface area contributed by atoms with E-state index in [0.29, 0.717) is 6.42 Å². The molecule has 0 spiro atoms. The molecule has 1 saturated carbocycles. The maximum atomic E-state index is 10.2. The molecule has 0 heterocycles. The van der Waals surface area contributed by atoms with Crippen molar-refractivity contribution in [2.24, 2.45) is 5.41 Å². The first-order chi connectivity index (χ1) is 4.18. The second-order valence-corrected chi connectivity index (χ2v) is 3.47. The van der Waals surface area contributed by atoms with Crippen LogP contribution in [0.3, 0.4) is 0 Å². The Hall–Kier alpha value is 0.200. The molecular formula is C6H9IO2. The zero-order chi connectivity index (χ0) is 6.91. The van der Waals surface area contributed by atoms with Crippen molar-refractivity contribution in [3.8, 4) is 0 Å². The molecule has 0 aliphatic heterocycles. The molecule has 52 valence electrons. The number of hydrogen-bond donors (Lipinski definition) is 1. The topological polar surface area (TPSA) is 37.3 Å². The van der Waals surface area contributed by atoms with Gasteiger partial charge in [-0.15, -0.1) is 0 Å². The summed E-state index contributed by atoms with van der Waals surface area (Å²) < 4.78 is 0.997. The van der Waals surface area contributed by atoms with Gasteiger partial charge in [-0.3, -0.25) is 4.79 Å². The van der Waals surface area contributed by atoms with Crippen LogP contribution in [-0.2, 0) is 4.79 Å². The molecule has 0 radical (unpaired) electrons. The Morgan fingerprint density at radius 2 is 2.22 bits per heavy atom. The van der Waals surface area contributed by atoms with Crippen LogP contribution in [0.25, 0.3) is 0 Å². The Bertz CT molecular complexity index is 129. The molecule has 0 aromatic carbocycles. The maximum absolute atomic E-state index is 10.2. The van der Waals surface area contributed by atoms with Crippen LogP contribution in [0.1, 0.15) is 19.3 Å². The fourth-order valence-electron chi connectivity index (χ4n) is 0.855. The average molecular weight is 240 g/mol. The molecule has 1 aliphatic carbocycles. The fourth-order valence-corrected chi connectivity index (χ4v) is 1.89. The van der Waals surface area contributed by atoms with Crippen LogP contribution in [-0.4, -0.2) is 15.5 Å². The molecular weight excluding hydrogens is 231 g/mol. The lowest BCUT2D eigenvalue weighted by atomic mass is 10.1. The van der Waals surface area contributed by atoms with Crippen LogP contribution in [0.15, 0.2) is 0 Å². The predicted octanol–water partition coefficient (Wildman–Crippen LogP) is 1.68. The molecule has 0 amide bonds.